The zero-order valence-electron chi connectivity index (χ0n) is 13.4. The molecule has 2 saturated carbocycles. The van der Waals surface area contributed by atoms with E-state index in [9.17, 15) is 9.59 Å². The molecule has 5 nitrogen and oxygen atoms in total. The van der Waals surface area contributed by atoms with Gasteiger partial charge in [0.05, 0.1) is 13.7 Å². The molecule has 3 atom stereocenters. The summed E-state index contributed by atoms with van der Waals surface area (Å²) < 4.78 is 10.3. The number of hydrogen-bond acceptors (Lipinski definition) is 4. The largest absolute Gasteiger partial charge is 0.465 e. The molecule has 2 aliphatic carbocycles. The predicted molar refractivity (Wildman–Crippen MR) is 80.2 cm³/mol. The average molecular weight is 305 g/mol. The maximum absolute atomic E-state index is 12.6. The van der Waals surface area contributed by atoms with Crippen molar-refractivity contribution in [3.8, 4) is 0 Å². The van der Waals surface area contributed by atoms with Gasteiger partial charge in [-0.05, 0) is 44.1 Å². The highest BCUT2D eigenvalue weighted by Gasteiger charge is 2.43. The van der Waals surface area contributed by atoms with Crippen LogP contribution in [0.4, 0.5) is 0 Å². The van der Waals surface area contributed by atoms with Gasteiger partial charge in [0.2, 0.25) is 5.91 Å². The first-order chi connectivity index (χ1) is 10.5. The molecule has 2 fully saturated rings. The molecule has 3 rings (SSSR count). The lowest BCUT2D eigenvalue weighted by atomic mass is 9.88. The fourth-order valence-electron chi connectivity index (χ4n) is 4.08. The van der Waals surface area contributed by atoms with Crippen molar-refractivity contribution in [3.05, 3.63) is 23.2 Å². The molecular weight excluding hydrogens is 282 g/mol. The number of carbonyl (C=O) groups excluding carboxylic acids is 2. The Kier molecular flexibility index (Phi) is 3.98. The molecular formula is C17H23NO4. The van der Waals surface area contributed by atoms with Gasteiger partial charge in [-0.2, -0.15) is 0 Å². The van der Waals surface area contributed by atoms with Gasteiger partial charge in [-0.3, -0.25) is 4.79 Å². The van der Waals surface area contributed by atoms with Gasteiger partial charge in [0.1, 0.15) is 17.1 Å². The highest BCUT2D eigenvalue weighted by Crippen LogP contribution is 2.48. The molecule has 0 saturated heterocycles. The van der Waals surface area contributed by atoms with Gasteiger partial charge in [-0.15, -0.1) is 0 Å². The second-order valence-corrected chi connectivity index (χ2v) is 6.65. The third-order valence-corrected chi connectivity index (χ3v) is 5.20. The molecule has 0 aromatic carbocycles. The van der Waals surface area contributed by atoms with Crippen molar-refractivity contribution >= 4 is 11.9 Å². The lowest BCUT2D eigenvalue weighted by molar-refractivity contribution is -0.136. The number of furan rings is 1. The Balaban J connectivity index is 1.65. The van der Waals surface area contributed by atoms with Crippen molar-refractivity contribution < 1.29 is 18.7 Å². The molecule has 1 heterocycles. The van der Waals surface area contributed by atoms with Crippen LogP contribution in [0.15, 0.2) is 10.5 Å². The van der Waals surface area contributed by atoms with Crippen LogP contribution in [0, 0.1) is 24.7 Å². The Bertz CT molecular complexity index is 591. The quantitative estimate of drug-likeness (QED) is 0.803. The standard InChI is InChI=1S/C17H23NO4/c1-10-14(17(20)21-3)8-13(22-10)9-18(2)16(19)15-7-11-4-5-12(15)6-11/h8,11-12,15H,4-7,9H2,1-3H3/t11-,12-,15+/m0/s1. The van der Waals surface area contributed by atoms with Crippen molar-refractivity contribution in [3.63, 3.8) is 0 Å². The van der Waals surface area contributed by atoms with Crippen LogP contribution in [0.3, 0.4) is 0 Å². The zero-order chi connectivity index (χ0) is 15.9. The first-order valence-electron chi connectivity index (χ1n) is 7.92. The van der Waals surface area contributed by atoms with E-state index in [1.165, 1.54) is 26.4 Å². The molecule has 2 aliphatic rings. The van der Waals surface area contributed by atoms with Crippen LogP contribution in [0.1, 0.15) is 47.6 Å². The molecule has 1 aromatic rings. The van der Waals surface area contributed by atoms with Gasteiger partial charge in [0.15, 0.2) is 0 Å². The molecule has 0 N–H and O–H groups in total. The lowest BCUT2D eigenvalue weighted by Crippen LogP contribution is -2.35. The number of amides is 1. The van der Waals surface area contributed by atoms with E-state index in [0.29, 0.717) is 29.5 Å². The third-order valence-electron chi connectivity index (χ3n) is 5.20. The second kappa shape index (κ2) is 5.78. The van der Waals surface area contributed by atoms with Crippen molar-refractivity contribution in [1.82, 2.24) is 4.90 Å². The minimum atomic E-state index is -0.408. The van der Waals surface area contributed by atoms with Gasteiger partial charge in [0.25, 0.3) is 0 Å². The number of rotatable bonds is 4. The van der Waals surface area contributed by atoms with Crippen LogP contribution in [0.2, 0.25) is 0 Å². The molecule has 1 aromatic heterocycles. The maximum atomic E-state index is 12.6. The summed E-state index contributed by atoms with van der Waals surface area (Å²) in [4.78, 5) is 25.9. The van der Waals surface area contributed by atoms with Gasteiger partial charge >= 0.3 is 5.97 Å². The lowest BCUT2D eigenvalue weighted by Gasteiger charge is -2.26. The van der Waals surface area contributed by atoms with E-state index < -0.39 is 5.97 Å². The van der Waals surface area contributed by atoms with Crippen molar-refractivity contribution in [1.29, 1.82) is 0 Å². The molecule has 1 amide bonds. The number of nitrogens with zero attached hydrogens (tertiary/aromatic N) is 1. The first kappa shape index (κ1) is 15.1. The van der Waals surface area contributed by atoms with Crippen LogP contribution in [0.5, 0.6) is 0 Å². The van der Waals surface area contributed by atoms with E-state index in [4.69, 9.17) is 9.15 Å². The molecule has 2 bridgehead atoms. The van der Waals surface area contributed by atoms with Crippen LogP contribution >= 0.6 is 0 Å². The van der Waals surface area contributed by atoms with Crippen molar-refractivity contribution in [2.75, 3.05) is 14.2 Å². The Hall–Kier alpha value is -1.78. The summed E-state index contributed by atoms with van der Waals surface area (Å²) in [6.07, 6.45) is 4.74. The SMILES string of the molecule is COC(=O)c1cc(CN(C)C(=O)[C@@H]2C[C@H]3CC[C@H]2C3)oc1C. The Morgan fingerprint density at radius 3 is 2.73 bits per heavy atom. The zero-order valence-corrected chi connectivity index (χ0v) is 13.4. The van der Waals surface area contributed by atoms with Gasteiger partial charge < -0.3 is 14.1 Å². The Morgan fingerprint density at radius 1 is 1.36 bits per heavy atom. The monoisotopic (exact) mass is 305 g/mol. The number of fused-ring (bicyclic) bond motifs is 2. The molecule has 22 heavy (non-hydrogen) atoms. The molecule has 5 heteroatoms. The molecule has 0 radical (unpaired) electrons. The topological polar surface area (TPSA) is 59.8 Å². The van der Waals surface area contributed by atoms with Crippen LogP contribution < -0.4 is 0 Å². The number of ether oxygens (including phenoxy) is 1. The maximum Gasteiger partial charge on any atom is 0.341 e. The van der Waals surface area contributed by atoms with Crippen molar-refractivity contribution in [2.24, 2.45) is 17.8 Å². The predicted octanol–water partition coefficient (Wildman–Crippen LogP) is 2.77. The number of esters is 1. The van der Waals surface area contributed by atoms with Crippen molar-refractivity contribution in [2.45, 2.75) is 39.2 Å². The number of aryl methyl sites for hydroxylation is 1. The summed E-state index contributed by atoms with van der Waals surface area (Å²) in [6, 6.07) is 1.67. The van der Waals surface area contributed by atoms with E-state index in [-0.39, 0.29) is 11.8 Å². The van der Waals surface area contributed by atoms with Gasteiger partial charge in [-0.1, -0.05) is 6.42 Å². The first-order valence-corrected chi connectivity index (χ1v) is 7.92. The Labute approximate surface area is 130 Å². The Morgan fingerprint density at radius 2 is 2.14 bits per heavy atom. The molecule has 120 valence electrons. The highest BCUT2D eigenvalue weighted by molar-refractivity contribution is 5.90. The normalized spacial score (nSPS) is 26.2. The van der Waals surface area contributed by atoms with Gasteiger partial charge in [0, 0.05) is 13.0 Å². The highest BCUT2D eigenvalue weighted by atomic mass is 16.5. The number of carbonyl (C=O) groups is 2. The average Bonchev–Trinajstić information content (AvgIpc) is 3.21. The minimum Gasteiger partial charge on any atom is -0.465 e. The van der Waals surface area contributed by atoms with E-state index in [1.54, 1.807) is 17.9 Å². The summed E-state index contributed by atoms with van der Waals surface area (Å²) in [5.74, 6) is 2.46. The van der Waals surface area contributed by atoms with Crippen LogP contribution in [0.25, 0.3) is 0 Å². The van der Waals surface area contributed by atoms with E-state index in [2.05, 4.69) is 0 Å². The summed E-state index contributed by atoms with van der Waals surface area (Å²) in [5, 5.41) is 0. The van der Waals surface area contributed by atoms with E-state index >= 15 is 0 Å². The summed E-state index contributed by atoms with van der Waals surface area (Å²) in [7, 11) is 3.16. The molecule has 0 aliphatic heterocycles. The fourth-order valence-corrected chi connectivity index (χ4v) is 4.08. The number of methoxy groups -OCH3 is 1. The van der Waals surface area contributed by atoms with Gasteiger partial charge in [-0.25, -0.2) is 4.79 Å². The van der Waals surface area contributed by atoms with Crippen LogP contribution in [-0.2, 0) is 16.1 Å². The molecule has 0 spiro atoms. The fraction of sp³-hybridized carbons (Fsp3) is 0.647. The number of hydrogen-bond donors (Lipinski definition) is 0. The second-order valence-electron chi connectivity index (χ2n) is 6.65. The summed E-state index contributed by atoms with van der Waals surface area (Å²) in [5.41, 5.74) is 0.429. The van der Waals surface area contributed by atoms with E-state index in [1.807, 2.05) is 7.05 Å². The van der Waals surface area contributed by atoms with Crippen LogP contribution in [-0.4, -0.2) is 30.9 Å². The minimum absolute atomic E-state index is 0.180. The third kappa shape index (κ3) is 2.64. The van der Waals surface area contributed by atoms with E-state index in [0.717, 1.165) is 12.3 Å². The summed E-state index contributed by atoms with van der Waals surface area (Å²) in [6.45, 7) is 2.12. The molecule has 0 unspecified atom stereocenters. The smallest absolute Gasteiger partial charge is 0.341 e. The summed E-state index contributed by atoms with van der Waals surface area (Å²) >= 11 is 0.